The Balaban J connectivity index is 1.36. The molecule has 2 aliphatic rings. The van der Waals surface area contributed by atoms with Gasteiger partial charge in [-0.2, -0.15) is 4.31 Å². The highest BCUT2D eigenvalue weighted by Crippen LogP contribution is 2.33. The summed E-state index contributed by atoms with van der Waals surface area (Å²) in [7, 11) is -3.75. The lowest BCUT2D eigenvalue weighted by Gasteiger charge is -2.31. The standard InChI is InChI=1S/C22H24ClN3O5S/c1-14-21(27)25-19-12-18(6-7-20(19)31-14)32(29,30)26-10-8-16(9-11-26)22(28)24-13-15-2-4-17(23)5-3-15/h2-7,12,14,16H,8-11,13H2,1H3,(H,24,28)(H,25,27)/t14-/m0/s1. The van der Waals surface area contributed by atoms with E-state index in [1.165, 1.54) is 16.4 Å². The van der Waals surface area contributed by atoms with Crippen LogP contribution in [0.25, 0.3) is 0 Å². The molecule has 0 aromatic heterocycles. The summed E-state index contributed by atoms with van der Waals surface area (Å²) < 4.78 is 33.1. The van der Waals surface area contributed by atoms with Crippen LogP contribution in [0.1, 0.15) is 25.3 Å². The molecule has 1 fully saturated rings. The van der Waals surface area contributed by atoms with Crippen LogP contribution in [0.2, 0.25) is 5.02 Å². The Hall–Kier alpha value is -2.62. The van der Waals surface area contributed by atoms with Crippen LogP contribution in [0.3, 0.4) is 0 Å². The molecule has 2 aromatic rings. The summed E-state index contributed by atoms with van der Waals surface area (Å²) in [5.41, 5.74) is 1.28. The number of sulfonamides is 1. The van der Waals surface area contributed by atoms with Crippen molar-refractivity contribution in [3.63, 3.8) is 0 Å². The summed E-state index contributed by atoms with van der Waals surface area (Å²) in [5.74, 6) is -0.212. The Morgan fingerprint density at radius 3 is 2.56 bits per heavy atom. The van der Waals surface area contributed by atoms with Gasteiger partial charge in [-0.25, -0.2) is 8.42 Å². The highest BCUT2D eigenvalue weighted by atomic mass is 35.5. The first-order valence-corrected chi connectivity index (χ1v) is 12.2. The number of halogens is 1. The van der Waals surface area contributed by atoms with Crippen LogP contribution in [0.5, 0.6) is 5.75 Å². The second-order valence-electron chi connectivity index (χ2n) is 7.93. The number of anilines is 1. The molecule has 0 aliphatic carbocycles. The minimum absolute atomic E-state index is 0.0836. The second-order valence-corrected chi connectivity index (χ2v) is 10.3. The van der Waals surface area contributed by atoms with E-state index in [0.717, 1.165) is 5.56 Å². The number of piperidine rings is 1. The van der Waals surface area contributed by atoms with Gasteiger partial charge in [0.2, 0.25) is 15.9 Å². The number of fused-ring (bicyclic) bond motifs is 1. The van der Waals surface area contributed by atoms with Crippen LogP contribution < -0.4 is 15.4 Å². The smallest absolute Gasteiger partial charge is 0.265 e. The normalized spacial score (nSPS) is 19.6. The molecule has 8 nitrogen and oxygen atoms in total. The van der Waals surface area contributed by atoms with Crippen molar-refractivity contribution in [2.75, 3.05) is 18.4 Å². The van der Waals surface area contributed by atoms with Gasteiger partial charge in [-0.3, -0.25) is 9.59 Å². The molecule has 2 aliphatic heterocycles. The first-order chi connectivity index (χ1) is 15.2. The van der Waals surface area contributed by atoms with Gasteiger partial charge in [-0.15, -0.1) is 0 Å². The van der Waals surface area contributed by atoms with Crippen LogP contribution >= 0.6 is 11.6 Å². The number of hydrogen-bond acceptors (Lipinski definition) is 5. The van der Waals surface area contributed by atoms with E-state index in [9.17, 15) is 18.0 Å². The van der Waals surface area contributed by atoms with Gasteiger partial charge in [0.15, 0.2) is 6.10 Å². The Morgan fingerprint density at radius 1 is 1.19 bits per heavy atom. The summed E-state index contributed by atoms with van der Waals surface area (Å²) in [6, 6.07) is 11.7. The quantitative estimate of drug-likeness (QED) is 0.689. The number of nitrogens with zero attached hydrogens (tertiary/aromatic N) is 1. The number of benzene rings is 2. The lowest BCUT2D eigenvalue weighted by atomic mass is 9.97. The van der Waals surface area contributed by atoms with Crippen LogP contribution in [0.4, 0.5) is 5.69 Å². The van der Waals surface area contributed by atoms with Crippen LogP contribution in [0.15, 0.2) is 47.4 Å². The van der Waals surface area contributed by atoms with E-state index in [4.69, 9.17) is 16.3 Å². The van der Waals surface area contributed by atoms with Gasteiger partial charge in [-0.05, 0) is 55.7 Å². The monoisotopic (exact) mass is 477 g/mol. The molecule has 1 saturated heterocycles. The van der Waals surface area contributed by atoms with Crippen molar-refractivity contribution < 1.29 is 22.7 Å². The minimum atomic E-state index is -3.75. The summed E-state index contributed by atoms with van der Waals surface area (Å²) in [6.45, 7) is 2.52. The van der Waals surface area contributed by atoms with Gasteiger partial charge in [-0.1, -0.05) is 23.7 Å². The van der Waals surface area contributed by atoms with E-state index in [2.05, 4.69) is 10.6 Å². The van der Waals surface area contributed by atoms with Gasteiger partial charge in [0.05, 0.1) is 10.6 Å². The van der Waals surface area contributed by atoms with E-state index < -0.39 is 16.1 Å². The molecular weight excluding hydrogens is 454 g/mol. The van der Waals surface area contributed by atoms with Crippen molar-refractivity contribution in [1.29, 1.82) is 0 Å². The molecule has 0 saturated carbocycles. The van der Waals surface area contributed by atoms with Gasteiger partial charge < -0.3 is 15.4 Å². The zero-order valence-electron chi connectivity index (χ0n) is 17.5. The molecule has 2 N–H and O–H groups in total. The Labute approximate surface area is 191 Å². The van der Waals surface area contributed by atoms with Crippen molar-refractivity contribution in [2.45, 2.75) is 37.3 Å². The van der Waals surface area contributed by atoms with Gasteiger partial charge in [0, 0.05) is 30.6 Å². The maximum absolute atomic E-state index is 13.1. The molecule has 0 unspecified atom stereocenters. The Kier molecular flexibility index (Phi) is 6.41. The average molecular weight is 478 g/mol. The van der Waals surface area contributed by atoms with E-state index in [1.54, 1.807) is 25.1 Å². The lowest BCUT2D eigenvalue weighted by molar-refractivity contribution is -0.126. The van der Waals surface area contributed by atoms with E-state index in [1.807, 2.05) is 12.1 Å². The summed E-state index contributed by atoms with van der Waals surface area (Å²) in [6.07, 6.45) is 0.247. The molecule has 1 atom stereocenters. The fourth-order valence-corrected chi connectivity index (χ4v) is 5.41. The topological polar surface area (TPSA) is 105 Å². The molecule has 0 bridgehead atoms. The van der Waals surface area contributed by atoms with Crippen LogP contribution in [-0.4, -0.2) is 43.7 Å². The average Bonchev–Trinajstić information content (AvgIpc) is 2.79. The third-order valence-corrected chi connectivity index (χ3v) is 7.87. The molecule has 170 valence electrons. The van der Waals surface area contributed by atoms with Crippen LogP contribution in [0, 0.1) is 5.92 Å². The summed E-state index contributed by atoms with van der Waals surface area (Å²) in [4.78, 5) is 24.4. The SMILES string of the molecule is C[C@@H]1Oc2ccc(S(=O)(=O)N3CCC(C(=O)NCc4ccc(Cl)cc4)CC3)cc2NC1=O. The number of rotatable bonds is 5. The third kappa shape index (κ3) is 4.74. The molecule has 2 heterocycles. The predicted molar refractivity (Wildman–Crippen MR) is 120 cm³/mol. The molecule has 2 aromatic carbocycles. The van der Waals surface area contributed by atoms with Gasteiger partial charge in [0.25, 0.3) is 5.91 Å². The van der Waals surface area contributed by atoms with Crippen molar-refractivity contribution in [3.05, 3.63) is 53.1 Å². The maximum atomic E-state index is 13.1. The van der Waals surface area contributed by atoms with Gasteiger partial charge in [0.1, 0.15) is 5.75 Å². The number of nitrogens with one attached hydrogen (secondary N) is 2. The summed E-state index contributed by atoms with van der Waals surface area (Å²) in [5, 5.41) is 6.22. The third-order valence-electron chi connectivity index (χ3n) is 5.72. The molecule has 0 radical (unpaired) electrons. The molecule has 0 spiro atoms. The highest BCUT2D eigenvalue weighted by Gasteiger charge is 2.33. The van der Waals surface area contributed by atoms with Crippen molar-refractivity contribution in [2.24, 2.45) is 5.92 Å². The molecule has 10 heteroatoms. The first-order valence-electron chi connectivity index (χ1n) is 10.4. The number of carbonyl (C=O) groups excluding carboxylic acids is 2. The summed E-state index contributed by atoms with van der Waals surface area (Å²) >= 11 is 5.87. The van der Waals surface area contributed by atoms with E-state index in [0.29, 0.717) is 35.8 Å². The molecular formula is C22H24ClN3O5S. The Morgan fingerprint density at radius 2 is 1.88 bits per heavy atom. The zero-order chi connectivity index (χ0) is 22.9. The van der Waals surface area contributed by atoms with Crippen molar-refractivity contribution in [1.82, 2.24) is 9.62 Å². The lowest BCUT2D eigenvalue weighted by Crippen LogP contribution is -2.43. The minimum Gasteiger partial charge on any atom is -0.479 e. The number of ether oxygens (including phenoxy) is 1. The van der Waals surface area contributed by atoms with Gasteiger partial charge >= 0.3 is 0 Å². The largest absolute Gasteiger partial charge is 0.479 e. The van der Waals surface area contributed by atoms with E-state index in [-0.39, 0.29) is 35.7 Å². The fraction of sp³-hybridized carbons (Fsp3) is 0.364. The van der Waals surface area contributed by atoms with Crippen molar-refractivity contribution >= 4 is 39.1 Å². The maximum Gasteiger partial charge on any atom is 0.265 e. The Bertz CT molecular complexity index is 1130. The highest BCUT2D eigenvalue weighted by molar-refractivity contribution is 7.89. The zero-order valence-corrected chi connectivity index (χ0v) is 19.1. The fourth-order valence-electron chi connectivity index (χ4n) is 3.79. The molecule has 32 heavy (non-hydrogen) atoms. The van der Waals surface area contributed by atoms with E-state index >= 15 is 0 Å². The number of amides is 2. The van der Waals surface area contributed by atoms with Crippen LogP contribution in [-0.2, 0) is 26.2 Å². The number of hydrogen-bond donors (Lipinski definition) is 2. The second kappa shape index (κ2) is 9.09. The predicted octanol–water partition coefficient (Wildman–Crippen LogP) is 2.78. The molecule has 4 rings (SSSR count). The molecule has 2 amide bonds. The van der Waals surface area contributed by atoms with Crippen molar-refractivity contribution in [3.8, 4) is 5.75 Å². The number of carbonyl (C=O) groups is 2. The first kappa shape index (κ1) is 22.6.